The zero-order valence-corrected chi connectivity index (χ0v) is 15.4. The Morgan fingerprint density at radius 1 is 1.38 bits per heavy atom. The average Bonchev–Trinajstić information content (AvgIpc) is 3.07. The fourth-order valence-electron chi connectivity index (χ4n) is 3.14. The molecule has 1 atom stereocenters. The summed E-state index contributed by atoms with van der Waals surface area (Å²) in [6, 6.07) is 2.50. The van der Waals surface area contributed by atoms with E-state index in [2.05, 4.69) is 10.3 Å². The molecule has 0 bridgehead atoms. The number of amides is 1. The van der Waals surface area contributed by atoms with E-state index in [9.17, 15) is 27.5 Å². The molecule has 1 aliphatic rings. The van der Waals surface area contributed by atoms with Gasteiger partial charge in [0.1, 0.15) is 11.6 Å². The molecule has 2 heterocycles. The smallest absolute Gasteiger partial charge is 0.425 e. The first-order valence-corrected chi connectivity index (χ1v) is 8.67. The number of carbonyl (C=O) groups is 1. The first kappa shape index (κ1) is 21.1. The second-order valence-electron chi connectivity index (χ2n) is 6.66. The maximum atomic E-state index is 13.7. The molecule has 1 aromatic carbocycles. The summed E-state index contributed by atoms with van der Waals surface area (Å²) in [4.78, 5) is 15.7. The molecule has 3 rings (SSSR count). The molecule has 2 aromatic rings. The van der Waals surface area contributed by atoms with Gasteiger partial charge in [-0.15, -0.1) is 0 Å². The molecule has 0 saturated carbocycles. The fourth-order valence-corrected chi connectivity index (χ4v) is 3.14. The van der Waals surface area contributed by atoms with Crippen LogP contribution in [0.25, 0.3) is 0 Å². The number of aromatic nitrogens is 2. The predicted octanol–water partition coefficient (Wildman–Crippen LogP) is 1.92. The molecule has 1 aliphatic heterocycles. The molecule has 0 fully saturated rings. The summed E-state index contributed by atoms with van der Waals surface area (Å²) in [5.41, 5.74) is -2.47. The van der Waals surface area contributed by atoms with E-state index in [0.717, 1.165) is 10.8 Å². The van der Waals surface area contributed by atoms with Crippen LogP contribution < -0.4 is 10.1 Å². The van der Waals surface area contributed by atoms with E-state index in [0.29, 0.717) is 16.9 Å². The quantitative estimate of drug-likeness (QED) is 0.702. The Morgan fingerprint density at radius 3 is 2.79 bits per heavy atom. The standard InChI is InChI=1S/C18H19F4N3O4/c1-25-5-4-24-16(25)17(27,18(20,21)22)8-14(26)23-3-2-11-6-13(19)7-12-9-28-10-29-15(11)12/h4-7,27H,2-3,8-10H2,1H3,(H,23,26). The maximum absolute atomic E-state index is 13.7. The molecule has 0 spiro atoms. The third-order valence-electron chi connectivity index (χ3n) is 4.54. The molecule has 1 unspecified atom stereocenters. The Morgan fingerprint density at radius 2 is 2.14 bits per heavy atom. The van der Waals surface area contributed by atoms with Gasteiger partial charge in [-0.2, -0.15) is 13.2 Å². The van der Waals surface area contributed by atoms with Gasteiger partial charge in [-0.05, 0) is 24.1 Å². The van der Waals surface area contributed by atoms with Crippen molar-refractivity contribution in [1.29, 1.82) is 0 Å². The maximum Gasteiger partial charge on any atom is 0.425 e. The number of hydrogen-bond acceptors (Lipinski definition) is 5. The van der Waals surface area contributed by atoms with Crippen molar-refractivity contribution >= 4 is 5.91 Å². The van der Waals surface area contributed by atoms with Crippen LogP contribution in [0.5, 0.6) is 5.75 Å². The van der Waals surface area contributed by atoms with Crippen molar-refractivity contribution in [1.82, 2.24) is 14.9 Å². The number of nitrogens with zero attached hydrogens (tertiary/aromatic N) is 2. The molecule has 7 nitrogen and oxygen atoms in total. The lowest BCUT2D eigenvalue weighted by Crippen LogP contribution is -2.48. The molecule has 11 heteroatoms. The highest BCUT2D eigenvalue weighted by molar-refractivity contribution is 5.77. The number of halogens is 4. The Kier molecular flexibility index (Phi) is 5.80. The molecule has 29 heavy (non-hydrogen) atoms. The minimum Gasteiger partial charge on any atom is -0.467 e. The van der Waals surface area contributed by atoms with Crippen LogP contribution in [-0.2, 0) is 35.2 Å². The zero-order valence-electron chi connectivity index (χ0n) is 15.4. The number of alkyl halides is 3. The van der Waals surface area contributed by atoms with E-state index in [1.54, 1.807) is 0 Å². The number of hydrogen-bond donors (Lipinski definition) is 2. The summed E-state index contributed by atoms with van der Waals surface area (Å²) in [6.45, 7) is 0.0997. The molecular weight excluding hydrogens is 398 g/mol. The number of aryl methyl sites for hydroxylation is 1. The largest absolute Gasteiger partial charge is 0.467 e. The lowest BCUT2D eigenvalue weighted by molar-refractivity contribution is -0.271. The summed E-state index contributed by atoms with van der Waals surface area (Å²) in [5, 5.41) is 12.5. The van der Waals surface area contributed by atoms with Gasteiger partial charge in [0.15, 0.2) is 12.6 Å². The third-order valence-corrected chi connectivity index (χ3v) is 4.54. The van der Waals surface area contributed by atoms with E-state index in [-0.39, 0.29) is 26.4 Å². The van der Waals surface area contributed by atoms with Crippen molar-refractivity contribution in [3.05, 3.63) is 47.3 Å². The predicted molar refractivity (Wildman–Crippen MR) is 91.2 cm³/mol. The van der Waals surface area contributed by atoms with E-state index >= 15 is 0 Å². The normalized spacial score (nSPS) is 15.9. The van der Waals surface area contributed by atoms with Crippen LogP contribution in [0.3, 0.4) is 0 Å². The Labute approximate surface area is 163 Å². The van der Waals surface area contributed by atoms with Crippen molar-refractivity contribution in [2.75, 3.05) is 13.3 Å². The average molecular weight is 417 g/mol. The van der Waals surface area contributed by atoms with Crippen LogP contribution in [0.2, 0.25) is 0 Å². The van der Waals surface area contributed by atoms with Gasteiger partial charge in [-0.3, -0.25) is 4.79 Å². The molecule has 0 radical (unpaired) electrons. The molecule has 1 aromatic heterocycles. The van der Waals surface area contributed by atoms with Crippen molar-refractivity contribution in [2.24, 2.45) is 7.05 Å². The molecule has 0 aliphatic carbocycles. The van der Waals surface area contributed by atoms with Gasteiger partial charge < -0.3 is 24.5 Å². The molecule has 1 amide bonds. The Bertz CT molecular complexity index is 900. The highest BCUT2D eigenvalue weighted by Crippen LogP contribution is 2.40. The van der Waals surface area contributed by atoms with Crippen LogP contribution in [0.4, 0.5) is 17.6 Å². The van der Waals surface area contributed by atoms with Crippen LogP contribution in [0.1, 0.15) is 23.4 Å². The van der Waals surface area contributed by atoms with Crippen molar-refractivity contribution in [2.45, 2.75) is 31.2 Å². The number of imidazole rings is 1. The van der Waals surface area contributed by atoms with E-state index in [1.165, 1.54) is 25.4 Å². The number of benzene rings is 1. The van der Waals surface area contributed by atoms with Crippen molar-refractivity contribution in [3.63, 3.8) is 0 Å². The van der Waals surface area contributed by atoms with Crippen LogP contribution in [-0.4, -0.2) is 40.1 Å². The molecule has 158 valence electrons. The van der Waals surface area contributed by atoms with Gasteiger partial charge in [-0.25, -0.2) is 9.37 Å². The minimum atomic E-state index is -5.11. The number of aliphatic hydroxyl groups is 1. The van der Waals surface area contributed by atoms with Crippen molar-refractivity contribution < 1.29 is 36.9 Å². The van der Waals surface area contributed by atoms with Gasteiger partial charge in [0.05, 0.1) is 13.0 Å². The lowest BCUT2D eigenvalue weighted by atomic mass is 9.97. The number of fused-ring (bicyclic) bond motifs is 1. The first-order chi connectivity index (χ1) is 13.6. The number of ether oxygens (including phenoxy) is 2. The summed E-state index contributed by atoms with van der Waals surface area (Å²) >= 11 is 0. The molecule has 2 N–H and O–H groups in total. The topological polar surface area (TPSA) is 85.6 Å². The SMILES string of the molecule is Cn1ccnc1C(O)(CC(=O)NCCc1cc(F)cc2c1OCOC2)C(F)(F)F. The number of carbonyl (C=O) groups excluding carboxylic acids is 1. The van der Waals surface area contributed by atoms with Crippen LogP contribution >= 0.6 is 0 Å². The first-order valence-electron chi connectivity index (χ1n) is 8.67. The highest BCUT2D eigenvalue weighted by Gasteiger charge is 2.58. The van der Waals surface area contributed by atoms with E-state index in [4.69, 9.17) is 9.47 Å². The molecular formula is C18H19F4N3O4. The molecule has 0 saturated heterocycles. The monoisotopic (exact) mass is 417 g/mol. The van der Waals surface area contributed by atoms with E-state index in [1.807, 2.05) is 0 Å². The fraction of sp³-hybridized carbons (Fsp3) is 0.444. The zero-order chi connectivity index (χ0) is 21.2. The third kappa shape index (κ3) is 4.35. The highest BCUT2D eigenvalue weighted by atomic mass is 19.4. The van der Waals surface area contributed by atoms with Gasteiger partial charge in [0.25, 0.3) is 0 Å². The van der Waals surface area contributed by atoms with Gasteiger partial charge in [0, 0.05) is 31.5 Å². The number of rotatable bonds is 6. The second-order valence-corrected chi connectivity index (χ2v) is 6.66. The van der Waals surface area contributed by atoms with Crippen LogP contribution in [0, 0.1) is 5.82 Å². The lowest BCUT2D eigenvalue weighted by Gasteiger charge is -2.29. The van der Waals surface area contributed by atoms with E-state index < -0.39 is 35.7 Å². The number of nitrogens with one attached hydrogen (secondary N) is 1. The van der Waals surface area contributed by atoms with Crippen molar-refractivity contribution in [3.8, 4) is 5.75 Å². The summed E-state index contributed by atoms with van der Waals surface area (Å²) < 4.78 is 65.6. The van der Waals surface area contributed by atoms with Gasteiger partial charge >= 0.3 is 6.18 Å². The van der Waals surface area contributed by atoms with Gasteiger partial charge in [-0.1, -0.05) is 0 Å². The Balaban J connectivity index is 1.67. The summed E-state index contributed by atoms with van der Waals surface area (Å²) in [7, 11) is 1.29. The summed E-state index contributed by atoms with van der Waals surface area (Å²) in [5.74, 6) is -1.79. The van der Waals surface area contributed by atoms with Gasteiger partial charge in [0.2, 0.25) is 11.5 Å². The second kappa shape index (κ2) is 7.99. The Hall–Kier alpha value is -2.66. The summed E-state index contributed by atoms with van der Waals surface area (Å²) in [6.07, 6.45) is -3.91. The minimum absolute atomic E-state index is 0.000269. The van der Waals surface area contributed by atoms with Crippen LogP contribution in [0.15, 0.2) is 24.5 Å².